The number of nitrogens with zero attached hydrogens (tertiary/aromatic N) is 1. The summed E-state index contributed by atoms with van der Waals surface area (Å²) in [6, 6.07) is 22.1. The van der Waals surface area contributed by atoms with Crippen LogP contribution in [0.5, 0.6) is 0 Å². The SMILES string of the molecule is Cc1ccc(-c2cc[n+](Cc3ccccc3)c3c2CCCC3)cc1. The van der Waals surface area contributed by atoms with Gasteiger partial charge in [0.1, 0.15) is 0 Å². The molecule has 24 heavy (non-hydrogen) atoms. The maximum Gasteiger partial charge on any atom is 0.185 e. The molecular formula is C23H24N+. The molecule has 120 valence electrons. The first-order valence-corrected chi connectivity index (χ1v) is 8.96. The van der Waals surface area contributed by atoms with Crippen molar-refractivity contribution in [2.45, 2.75) is 39.2 Å². The fourth-order valence-electron chi connectivity index (χ4n) is 3.78. The molecule has 0 fully saturated rings. The van der Waals surface area contributed by atoms with Gasteiger partial charge in [-0.05, 0) is 37.3 Å². The van der Waals surface area contributed by atoms with E-state index in [9.17, 15) is 0 Å². The lowest BCUT2D eigenvalue weighted by Gasteiger charge is -2.18. The van der Waals surface area contributed by atoms with Crippen LogP contribution < -0.4 is 4.57 Å². The van der Waals surface area contributed by atoms with E-state index < -0.39 is 0 Å². The highest BCUT2D eigenvalue weighted by Crippen LogP contribution is 2.30. The average molecular weight is 314 g/mol. The van der Waals surface area contributed by atoms with Gasteiger partial charge in [-0.25, -0.2) is 0 Å². The van der Waals surface area contributed by atoms with Gasteiger partial charge in [-0.1, -0.05) is 60.2 Å². The topological polar surface area (TPSA) is 3.88 Å². The van der Waals surface area contributed by atoms with E-state index in [1.54, 1.807) is 5.56 Å². The Labute approximate surface area is 144 Å². The van der Waals surface area contributed by atoms with Gasteiger partial charge in [-0.2, -0.15) is 4.57 Å². The van der Waals surface area contributed by atoms with Crippen LogP contribution in [-0.4, -0.2) is 0 Å². The van der Waals surface area contributed by atoms with Gasteiger partial charge in [0.15, 0.2) is 18.4 Å². The zero-order chi connectivity index (χ0) is 16.4. The predicted molar refractivity (Wildman–Crippen MR) is 99.0 cm³/mol. The van der Waals surface area contributed by atoms with Crippen LogP contribution in [0.15, 0.2) is 66.9 Å². The van der Waals surface area contributed by atoms with E-state index in [2.05, 4.69) is 78.4 Å². The summed E-state index contributed by atoms with van der Waals surface area (Å²) in [5, 5.41) is 0. The molecule has 1 aliphatic carbocycles. The van der Waals surface area contributed by atoms with E-state index in [0.717, 1.165) is 6.54 Å². The molecule has 1 nitrogen and oxygen atoms in total. The van der Waals surface area contributed by atoms with Gasteiger partial charge in [0.25, 0.3) is 0 Å². The molecule has 0 radical (unpaired) electrons. The highest BCUT2D eigenvalue weighted by Gasteiger charge is 2.23. The number of fused-ring (bicyclic) bond motifs is 1. The van der Waals surface area contributed by atoms with Crippen LogP contribution in [0.1, 0.15) is 35.2 Å². The van der Waals surface area contributed by atoms with Crippen molar-refractivity contribution in [2.75, 3.05) is 0 Å². The van der Waals surface area contributed by atoms with Gasteiger partial charge >= 0.3 is 0 Å². The predicted octanol–water partition coefficient (Wildman–Crippen LogP) is 4.88. The molecule has 0 unspecified atom stereocenters. The Morgan fingerprint density at radius 2 is 1.58 bits per heavy atom. The second-order valence-corrected chi connectivity index (χ2v) is 6.84. The van der Waals surface area contributed by atoms with Crippen molar-refractivity contribution in [3.63, 3.8) is 0 Å². The lowest BCUT2D eigenvalue weighted by molar-refractivity contribution is -0.696. The van der Waals surface area contributed by atoms with Crippen LogP contribution >= 0.6 is 0 Å². The molecule has 2 aromatic carbocycles. The molecule has 0 spiro atoms. The van der Waals surface area contributed by atoms with Crippen molar-refractivity contribution in [1.82, 2.24) is 0 Å². The molecule has 0 N–H and O–H groups in total. The molecule has 0 amide bonds. The largest absolute Gasteiger partial charge is 0.198 e. The summed E-state index contributed by atoms with van der Waals surface area (Å²) in [5.41, 5.74) is 8.56. The summed E-state index contributed by atoms with van der Waals surface area (Å²) in [5.74, 6) is 0. The maximum atomic E-state index is 2.46. The van der Waals surface area contributed by atoms with E-state index in [-0.39, 0.29) is 0 Å². The number of aryl methyl sites for hydroxylation is 1. The molecule has 1 heterocycles. The summed E-state index contributed by atoms with van der Waals surface area (Å²) >= 11 is 0. The highest BCUT2D eigenvalue weighted by atomic mass is 15.0. The fourth-order valence-corrected chi connectivity index (χ4v) is 3.78. The summed E-state index contributed by atoms with van der Waals surface area (Å²) in [4.78, 5) is 0. The maximum absolute atomic E-state index is 2.46. The van der Waals surface area contributed by atoms with Gasteiger partial charge < -0.3 is 0 Å². The van der Waals surface area contributed by atoms with Gasteiger partial charge in [-0.15, -0.1) is 0 Å². The first kappa shape index (κ1) is 15.1. The number of rotatable bonds is 3. The Balaban J connectivity index is 1.77. The van der Waals surface area contributed by atoms with Gasteiger partial charge in [0, 0.05) is 23.6 Å². The fraction of sp³-hybridized carbons (Fsp3) is 0.261. The van der Waals surface area contributed by atoms with Crippen molar-refractivity contribution in [1.29, 1.82) is 0 Å². The molecule has 3 aromatic rings. The molecule has 0 bridgehead atoms. The molecule has 1 heteroatoms. The minimum Gasteiger partial charge on any atom is -0.198 e. The van der Waals surface area contributed by atoms with Crippen LogP contribution in [0, 0.1) is 6.92 Å². The monoisotopic (exact) mass is 314 g/mol. The van der Waals surface area contributed by atoms with Gasteiger partial charge in [0.2, 0.25) is 0 Å². The second kappa shape index (κ2) is 6.60. The smallest absolute Gasteiger partial charge is 0.185 e. The summed E-state index contributed by atoms with van der Waals surface area (Å²) < 4.78 is 2.46. The van der Waals surface area contributed by atoms with Crippen LogP contribution in [0.25, 0.3) is 11.1 Å². The molecule has 0 atom stereocenters. The number of aromatic nitrogens is 1. The van der Waals surface area contributed by atoms with Crippen molar-refractivity contribution in [2.24, 2.45) is 0 Å². The summed E-state index contributed by atoms with van der Waals surface area (Å²) in [7, 11) is 0. The molecule has 0 saturated carbocycles. The zero-order valence-corrected chi connectivity index (χ0v) is 14.3. The van der Waals surface area contributed by atoms with Crippen molar-refractivity contribution < 1.29 is 4.57 Å². The Bertz CT molecular complexity index is 832. The summed E-state index contributed by atoms with van der Waals surface area (Å²) in [6.07, 6.45) is 7.29. The van der Waals surface area contributed by atoms with Crippen LogP contribution in [0.3, 0.4) is 0 Å². The van der Waals surface area contributed by atoms with Crippen LogP contribution in [0.4, 0.5) is 0 Å². The van der Waals surface area contributed by atoms with E-state index in [4.69, 9.17) is 0 Å². The van der Waals surface area contributed by atoms with Crippen molar-refractivity contribution in [3.05, 3.63) is 89.2 Å². The minimum atomic E-state index is 0.970. The quantitative estimate of drug-likeness (QED) is 0.607. The highest BCUT2D eigenvalue weighted by molar-refractivity contribution is 5.67. The third-order valence-corrected chi connectivity index (χ3v) is 5.09. The van der Waals surface area contributed by atoms with Crippen molar-refractivity contribution >= 4 is 0 Å². The first-order valence-electron chi connectivity index (χ1n) is 8.96. The molecule has 1 aromatic heterocycles. The first-order chi connectivity index (χ1) is 11.8. The Kier molecular flexibility index (Phi) is 4.17. The zero-order valence-electron chi connectivity index (χ0n) is 14.3. The second-order valence-electron chi connectivity index (χ2n) is 6.84. The lowest BCUT2D eigenvalue weighted by Crippen LogP contribution is -2.41. The molecule has 1 aliphatic rings. The van der Waals surface area contributed by atoms with E-state index >= 15 is 0 Å². The molecule has 0 saturated heterocycles. The van der Waals surface area contributed by atoms with Crippen LogP contribution in [0.2, 0.25) is 0 Å². The number of hydrogen-bond acceptors (Lipinski definition) is 0. The standard InChI is InChI=1S/C23H24N/c1-18-11-13-20(14-12-18)21-15-16-24(17-19-7-3-2-4-8-19)23-10-6-5-9-22(21)23/h2-4,7-8,11-16H,5-6,9-10,17H2,1H3/q+1. The number of pyridine rings is 1. The molecular weight excluding hydrogens is 290 g/mol. The Morgan fingerprint density at radius 3 is 2.38 bits per heavy atom. The molecule has 4 rings (SSSR count). The average Bonchev–Trinajstić information content (AvgIpc) is 2.64. The number of hydrogen-bond donors (Lipinski definition) is 0. The van der Waals surface area contributed by atoms with Crippen molar-refractivity contribution in [3.8, 4) is 11.1 Å². The third kappa shape index (κ3) is 2.99. The molecule has 0 aliphatic heterocycles. The Hall–Kier alpha value is -2.41. The minimum absolute atomic E-state index is 0.970. The van der Waals surface area contributed by atoms with E-state index in [1.165, 1.54) is 53.6 Å². The lowest BCUT2D eigenvalue weighted by atomic mass is 9.88. The van der Waals surface area contributed by atoms with Gasteiger partial charge in [0.05, 0.1) is 0 Å². The van der Waals surface area contributed by atoms with E-state index in [0.29, 0.717) is 0 Å². The van der Waals surface area contributed by atoms with Crippen LogP contribution in [-0.2, 0) is 19.4 Å². The van der Waals surface area contributed by atoms with E-state index in [1.807, 2.05) is 0 Å². The van der Waals surface area contributed by atoms with Gasteiger partial charge in [-0.3, -0.25) is 0 Å². The summed E-state index contributed by atoms with van der Waals surface area (Å²) in [6.45, 7) is 3.12. The number of benzene rings is 2. The Morgan fingerprint density at radius 1 is 0.833 bits per heavy atom. The third-order valence-electron chi connectivity index (χ3n) is 5.09. The normalized spacial score (nSPS) is 13.5.